The van der Waals surface area contributed by atoms with Gasteiger partial charge in [-0.15, -0.1) is 12.8 Å². The molecule has 5 aromatic carbocycles. The van der Waals surface area contributed by atoms with Crippen LogP contribution in [0.2, 0.25) is 0 Å². The molecule has 262 valence electrons. The van der Waals surface area contributed by atoms with Crippen LogP contribution in [0.25, 0.3) is 43.8 Å². The minimum absolute atomic E-state index is 0.462. The van der Waals surface area contributed by atoms with E-state index in [1.165, 1.54) is 71.7 Å². The van der Waals surface area contributed by atoms with Crippen LogP contribution in [0, 0.1) is 25.7 Å². The quantitative estimate of drug-likeness (QED) is 0.102. The lowest BCUT2D eigenvalue weighted by atomic mass is 9.86. The highest BCUT2D eigenvalue weighted by atomic mass is 14.2. The summed E-state index contributed by atoms with van der Waals surface area (Å²) in [4.78, 5) is 0. The Kier molecular flexibility index (Phi) is 14.8. The number of hydrogen-bond donors (Lipinski definition) is 0. The molecule has 0 spiro atoms. The van der Waals surface area contributed by atoms with Gasteiger partial charge in [0.05, 0.1) is 0 Å². The maximum Gasteiger partial charge on any atom is -0.000732 e. The number of hydrogen-bond acceptors (Lipinski definition) is 0. The Hall–Kier alpha value is -5.64. The predicted octanol–water partition coefficient (Wildman–Crippen LogP) is 15.1. The monoisotopic (exact) mass is 678 g/mol. The molecule has 0 radical (unpaired) electrons. The van der Waals surface area contributed by atoms with Crippen molar-refractivity contribution in [2.45, 2.75) is 60.8 Å². The molecule has 0 nitrogen and oxygen atoms in total. The van der Waals surface area contributed by atoms with E-state index >= 15 is 0 Å². The summed E-state index contributed by atoms with van der Waals surface area (Å²) < 4.78 is 0. The summed E-state index contributed by atoms with van der Waals surface area (Å²) in [6.45, 7) is 17.6. The Morgan fingerprint density at radius 3 is 2.13 bits per heavy atom. The molecule has 1 unspecified atom stereocenters. The van der Waals surface area contributed by atoms with E-state index in [2.05, 4.69) is 199 Å². The van der Waals surface area contributed by atoms with E-state index in [0.29, 0.717) is 5.92 Å². The lowest BCUT2D eigenvalue weighted by Gasteiger charge is -2.19. The average molecular weight is 679 g/mol. The fourth-order valence-electron chi connectivity index (χ4n) is 6.84. The van der Waals surface area contributed by atoms with E-state index in [4.69, 9.17) is 0 Å². The Balaban J connectivity index is 0.00000146. The Morgan fingerprint density at radius 1 is 0.769 bits per heavy atom. The third-order valence-corrected chi connectivity index (χ3v) is 9.68. The third-order valence-electron chi connectivity index (χ3n) is 9.68. The van der Waals surface area contributed by atoms with Gasteiger partial charge in [-0.2, -0.15) is 0 Å². The number of aryl methyl sites for hydroxylation is 1. The highest BCUT2D eigenvalue weighted by molar-refractivity contribution is 6.01. The van der Waals surface area contributed by atoms with Crippen LogP contribution in [-0.2, 0) is 0 Å². The summed E-state index contributed by atoms with van der Waals surface area (Å²) in [6, 6.07) is 37.4. The molecule has 52 heavy (non-hydrogen) atoms. The summed E-state index contributed by atoms with van der Waals surface area (Å²) in [6.07, 6.45) is 29.1. The zero-order valence-electron chi connectivity index (χ0n) is 32.0. The van der Waals surface area contributed by atoms with Crippen LogP contribution in [-0.4, -0.2) is 0 Å². The number of rotatable bonds is 10. The zero-order chi connectivity index (χ0) is 37.5. The summed E-state index contributed by atoms with van der Waals surface area (Å²) in [5, 5.41) is 5.00. The fourth-order valence-corrected chi connectivity index (χ4v) is 6.84. The van der Waals surface area contributed by atoms with Crippen molar-refractivity contribution in [3.8, 4) is 24.0 Å². The van der Waals surface area contributed by atoms with Gasteiger partial charge in [0.2, 0.25) is 0 Å². The first-order valence-electron chi connectivity index (χ1n) is 18.6. The van der Waals surface area contributed by atoms with Gasteiger partial charge in [0.1, 0.15) is 0 Å². The van der Waals surface area contributed by atoms with Gasteiger partial charge < -0.3 is 0 Å². The largest absolute Gasteiger partial charge is 0.124 e. The van der Waals surface area contributed by atoms with Crippen LogP contribution >= 0.6 is 0 Å². The minimum Gasteiger partial charge on any atom is -0.124 e. The molecule has 0 bridgehead atoms. The maximum atomic E-state index is 4.66. The smallest absolute Gasteiger partial charge is 0.000732 e. The molecule has 1 aliphatic carbocycles. The predicted molar refractivity (Wildman–Crippen MR) is 233 cm³/mol. The summed E-state index contributed by atoms with van der Waals surface area (Å²) in [5.74, 6) is 0.462. The second-order valence-electron chi connectivity index (χ2n) is 13.0. The topological polar surface area (TPSA) is 0 Å². The Morgan fingerprint density at radius 2 is 1.42 bits per heavy atom. The molecule has 0 aromatic heterocycles. The van der Waals surface area contributed by atoms with Crippen LogP contribution in [0.5, 0.6) is 0 Å². The van der Waals surface area contributed by atoms with Crippen molar-refractivity contribution in [1.29, 1.82) is 0 Å². The first-order chi connectivity index (χ1) is 25.4. The van der Waals surface area contributed by atoms with Gasteiger partial charge in [-0.3, -0.25) is 0 Å². The van der Waals surface area contributed by atoms with Crippen LogP contribution in [0.3, 0.4) is 0 Å². The molecule has 1 atom stereocenters. The molecule has 0 saturated carbocycles. The fraction of sp³-hybridized carbons (Fsp3) is 0.192. The summed E-state index contributed by atoms with van der Waals surface area (Å²) >= 11 is 0. The first kappa shape index (κ1) is 39.2. The van der Waals surface area contributed by atoms with Crippen LogP contribution in [0.15, 0.2) is 175 Å². The van der Waals surface area contributed by atoms with Crippen LogP contribution in [0.1, 0.15) is 70.6 Å². The Bertz CT molecular complexity index is 2190. The number of allylic oxidation sites excluding steroid dienone is 13. The molecule has 5 aromatic rings. The molecular formula is C52H54. The maximum absolute atomic E-state index is 4.66. The van der Waals surface area contributed by atoms with E-state index in [0.717, 1.165) is 24.8 Å². The van der Waals surface area contributed by atoms with Crippen LogP contribution < -0.4 is 0 Å². The molecular weight excluding hydrogens is 625 g/mol. The van der Waals surface area contributed by atoms with Crippen molar-refractivity contribution in [2.75, 3.05) is 0 Å². The summed E-state index contributed by atoms with van der Waals surface area (Å²) in [5.41, 5.74) is 12.6. The highest BCUT2D eigenvalue weighted by Gasteiger charge is 2.15. The van der Waals surface area contributed by atoms with Crippen molar-refractivity contribution >= 4 is 32.7 Å². The number of benzene rings is 5. The minimum atomic E-state index is 0.462. The first-order valence-corrected chi connectivity index (χ1v) is 18.6. The lowest BCUT2D eigenvalue weighted by Crippen LogP contribution is -1.97. The molecule has 0 heteroatoms. The van der Waals surface area contributed by atoms with Crippen molar-refractivity contribution in [1.82, 2.24) is 0 Å². The number of terminal acetylenes is 1. The van der Waals surface area contributed by atoms with E-state index in [9.17, 15) is 0 Å². The SMILES string of the molecule is C#C.C=C(/C=C(/C(=C/C)CCC/C(C)=C/C=C1/C=CC=CC1C)c1cc(-c2cccc3ccccc23)ccc1C)c1cccc2ccccc12.CC. The molecule has 6 rings (SSSR count). The van der Waals surface area contributed by atoms with Crippen LogP contribution in [0.4, 0.5) is 0 Å². The van der Waals surface area contributed by atoms with Crippen molar-refractivity contribution in [3.63, 3.8) is 0 Å². The second kappa shape index (κ2) is 19.7. The molecule has 0 aliphatic heterocycles. The number of fused-ring (bicyclic) bond motifs is 2. The molecule has 0 heterocycles. The van der Waals surface area contributed by atoms with E-state index in [1.807, 2.05) is 13.8 Å². The van der Waals surface area contributed by atoms with Crippen molar-refractivity contribution in [3.05, 3.63) is 192 Å². The third kappa shape index (κ3) is 9.57. The van der Waals surface area contributed by atoms with Gasteiger partial charge in [0, 0.05) is 0 Å². The zero-order valence-corrected chi connectivity index (χ0v) is 32.0. The van der Waals surface area contributed by atoms with Crippen molar-refractivity contribution < 1.29 is 0 Å². The van der Waals surface area contributed by atoms with Gasteiger partial charge in [-0.25, -0.2) is 0 Å². The molecule has 0 N–H and O–H groups in total. The van der Waals surface area contributed by atoms with E-state index in [1.54, 1.807) is 0 Å². The Labute approximate surface area is 314 Å². The second-order valence-corrected chi connectivity index (χ2v) is 13.0. The molecule has 0 fully saturated rings. The van der Waals surface area contributed by atoms with Gasteiger partial charge in [-0.05, 0) is 130 Å². The summed E-state index contributed by atoms with van der Waals surface area (Å²) in [7, 11) is 0. The molecule has 0 saturated heterocycles. The van der Waals surface area contributed by atoms with Gasteiger partial charge >= 0.3 is 0 Å². The molecule has 0 amide bonds. The standard InChI is InChI=1S/C48H46.C2H6.C2H2/c1-6-38(21-13-16-34(2)28-30-39-18-8-7-17-35(39)3)48(32-37(5)43-26-14-22-40-19-9-11-24-44(40)43)47-33-42(31-29-36(47)4)46-27-15-23-41-20-10-12-25-45(41)46;2*1-2/h6-12,14-15,17-20,22-33,35H,5,13,16,21H2,1-4H3;1-2H3;1-2H/b34-28+,38-6+,39-30-,48-32-;;. The van der Waals surface area contributed by atoms with E-state index < -0.39 is 0 Å². The van der Waals surface area contributed by atoms with E-state index in [-0.39, 0.29) is 0 Å². The van der Waals surface area contributed by atoms with Gasteiger partial charge in [0.15, 0.2) is 0 Å². The average Bonchev–Trinajstić information content (AvgIpc) is 3.20. The lowest BCUT2D eigenvalue weighted by molar-refractivity contribution is 0.815. The molecule has 1 aliphatic rings. The van der Waals surface area contributed by atoms with Crippen molar-refractivity contribution in [2.24, 2.45) is 5.92 Å². The van der Waals surface area contributed by atoms with Gasteiger partial charge in [0.25, 0.3) is 0 Å². The normalized spacial score (nSPS) is 15.2. The highest BCUT2D eigenvalue weighted by Crippen LogP contribution is 2.37. The van der Waals surface area contributed by atoms with Gasteiger partial charge in [-0.1, -0.05) is 173 Å².